The van der Waals surface area contributed by atoms with Crippen molar-refractivity contribution >= 4 is 17.1 Å². The van der Waals surface area contributed by atoms with Crippen molar-refractivity contribution in [3.63, 3.8) is 0 Å². The minimum Gasteiger partial charge on any atom is -0.423 e. The van der Waals surface area contributed by atoms with Crippen LogP contribution < -0.4 is 10.5 Å². The number of ether oxygens (including phenoxy) is 1. The van der Waals surface area contributed by atoms with E-state index in [-0.39, 0.29) is 22.8 Å². The van der Waals surface area contributed by atoms with Crippen molar-refractivity contribution in [2.24, 2.45) is 7.05 Å². The quantitative estimate of drug-likeness (QED) is 0.418. The van der Waals surface area contributed by atoms with Crippen molar-refractivity contribution in [1.29, 1.82) is 0 Å². The minimum absolute atomic E-state index is 0.149. The summed E-state index contributed by atoms with van der Waals surface area (Å²) in [6, 6.07) is 11.6. The van der Waals surface area contributed by atoms with Gasteiger partial charge in [-0.3, -0.25) is 4.57 Å². The van der Waals surface area contributed by atoms with Crippen LogP contribution in [0.25, 0.3) is 22.6 Å². The second-order valence-electron chi connectivity index (χ2n) is 5.21. The number of benzene rings is 2. The van der Waals surface area contributed by atoms with Gasteiger partial charge in [0.1, 0.15) is 11.3 Å². The number of fused-ring (bicyclic) bond motifs is 1. The van der Waals surface area contributed by atoms with Crippen molar-refractivity contribution in [3.8, 4) is 17.2 Å². The van der Waals surface area contributed by atoms with E-state index in [1.54, 1.807) is 43.4 Å². The van der Waals surface area contributed by atoms with E-state index >= 15 is 0 Å². The number of esters is 1. The zero-order valence-electron chi connectivity index (χ0n) is 13.0. The van der Waals surface area contributed by atoms with Gasteiger partial charge in [-0.1, -0.05) is 18.2 Å². The Hall–Kier alpha value is -3.68. The molecule has 4 aromatic rings. The Labute approximate surface area is 140 Å². The molecule has 0 bridgehead atoms. The summed E-state index contributed by atoms with van der Waals surface area (Å²) in [5, 5.41) is 7.44. The fourth-order valence-corrected chi connectivity index (χ4v) is 2.49. The Balaban J connectivity index is 1.75. The Morgan fingerprint density at radius 3 is 2.80 bits per heavy atom. The van der Waals surface area contributed by atoms with Crippen LogP contribution in [0.4, 0.5) is 0 Å². The average Bonchev–Trinajstić information content (AvgIpc) is 3.24. The molecule has 0 atom stereocenters. The van der Waals surface area contributed by atoms with Crippen LogP contribution in [0.15, 0.2) is 62.5 Å². The van der Waals surface area contributed by atoms with Crippen LogP contribution in [0.1, 0.15) is 10.4 Å². The molecule has 124 valence electrons. The lowest BCUT2D eigenvalue weighted by Crippen LogP contribution is -2.09. The van der Waals surface area contributed by atoms with Crippen LogP contribution in [0.5, 0.6) is 5.75 Å². The molecule has 0 radical (unpaired) electrons. The average molecular weight is 337 g/mol. The molecule has 0 N–H and O–H groups in total. The molecular weight excluding hydrogens is 326 g/mol. The van der Waals surface area contributed by atoms with Crippen LogP contribution in [0.2, 0.25) is 0 Å². The molecule has 0 amide bonds. The van der Waals surface area contributed by atoms with Crippen LogP contribution in [-0.4, -0.2) is 20.7 Å². The largest absolute Gasteiger partial charge is 0.423 e. The Morgan fingerprint density at radius 2 is 2.00 bits per heavy atom. The molecule has 2 aromatic heterocycles. The number of hydrogen-bond donors (Lipinski definition) is 0. The van der Waals surface area contributed by atoms with Crippen LogP contribution >= 0.6 is 0 Å². The number of carbonyl (C=O) groups excluding carboxylic acids is 1. The third kappa shape index (κ3) is 2.49. The topological polar surface area (TPSA) is 100 Å². The van der Waals surface area contributed by atoms with Gasteiger partial charge in [-0.25, -0.2) is 9.59 Å². The number of nitrogens with zero attached hydrogens (tertiary/aromatic N) is 3. The third-order valence-electron chi connectivity index (χ3n) is 3.72. The van der Waals surface area contributed by atoms with Crippen molar-refractivity contribution in [2.45, 2.75) is 0 Å². The Kier molecular flexibility index (Phi) is 3.42. The molecule has 0 unspecified atom stereocenters. The summed E-state index contributed by atoms with van der Waals surface area (Å²) in [4.78, 5) is 24.3. The summed E-state index contributed by atoms with van der Waals surface area (Å²) >= 11 is 0. The lowest BCUT2D eigenvalue weighted by molar-refractivity contribution is 0.0736. The van der Waals surface area contributed by atoms with E-state index in [1.807, 2.05) is 0 Å². The number of carbonyl (C=O) groups is 1. The lowest BCUT2D eigenvalue weighted by Gasteiger charge is -2.07. The van der Waals surface area contributed by atoms with Gasteiger partial charge < -0.3 is 13.6 Å². The van der Waals surface area contributed by atoms with Gasteiger partial charge in [0.25, 0.3) is 5.89 Å². The molecule has 0 aliphatic rings. The first-order valence-electron chi connectivity index (χ1n) is 7.31. The smallest absolute Gasteiger partial charge is 0.419 e. The second kappa shape index (κ2) is 5.75. The van der Waals surface area contributed by atoms with Crippen molar-refractivity contribution in [1.82, 2.24) is 14.8 Å². The van der Waals surface area contributed by atoms with Gasteiger partial charge in [-0.2, -0.15) is 0 Å². The maximum absolute atomic E-state index is 12.6. The van der Waals surface area contributed by atoms with Crippen molar-refractivity contribution in [3.05, 3.63) is 65.0 Å². The fourth-order valence-electron chi connectivity index (χ4n) is 2.49. The normalized spacial score (nSPS) is 10.9. The van der Waals surface area contributed by atoms with Gasteiger partial charge in [0.2, 0.25) is 6.39 Å². The number of para-hydroxylation sites is 2. The first-order chi connectivity index (χ1) is 12.1. The lowest BCUT2D eigenvalue weighted by atomic mass is 10.2. The molecule has 2 aromatic carbocycles. The predicted octanol–water partition coefficient (Wildman–Crippen LogP) is 2.40. The molecule has 0 fully saturated rings. The number of hydrogen-bond acceptors (Lipinski definition) is 7. The second-order valence-corrected chi connectivity index (χ2v) is 5.21. The Morgan fingerprint density at radius 1 is 1.16 bits per heavy atom. The summed E-state index contributed by atoms with van der Waals surface area (Å²) in [6.45, 7) is 0. The number of aromatic nitrogens is 3. The molecule has 25 heavy (non-hydrogen) atoms. The SMILES string of the molecule is Cn1c(=O)oc2c(C(=O)Oc3ccccc3-c3nnco3)cccc21. The van der Waals surface area contributed by atoms with Gasteiger partial charge in [0.05, 0.1) is 11.1 Å². The summed E-state index contributed by atoms with van der Waals surface area (Å²) in [6.07, 6.45) is 1.19. The molecular formula is C17H11N3O5. The van der Waals surface area contributed by atoms with Crippen LogP contribution in [0.3, 0.4) is 0 Å². The number of aryl methyl sites for hydroxylation is 1. The molecule has 0 aliphatic carbocycles. The van der Waals surface area contributed by atoms with Gasteiger partial charge in [0, 0.05) is 7.05 Å². The monoisotopic (exact) mass is 337 g/mol. The first kappa shape index (κ1) is 14.9. The molecule has 8 heteroatoms. The molecule has 0 aliphatic heterocycles. The molecule has 0 saturated carbocycles. The minimum atomic E-state index is -0.660. The summed E-state index contributed by atoms with van der Waals surface area (Å²) in [5.41, 5.74) is 1.31. The van der Waals surface area contributed by atoms with E-state index in [1.165, 1.54) is 17.0 Å². The van der Waals surface area contributed by atoms with E-state index < -0.39 is 11.7 Å². The van der Waals surface area contributed by atoms with Crippen molar-refractivity contribution in [2.75, 3.05) is 0 Å². The fraction of sp³-hybridized carbons (Fsp3) is 0.0588. The van der Waals surface area contributed by atoms with Crippen molar-refractivity contribution < 1.29 is 18.4 Å². The zero-order chi connectivity index (χ0) is 17.4. The highest BCUT2D eigenvalue weighted by Crippen LogP contribution is 2.29. The van der Waals surface area contributed by atoms with E-state index in [0.717, 1.165) is 0 Å². The molecule has 2 heterocycles. The van der Waals surface area contributed by atoms with Gasteiger partial charge in [-0.05, 0) is 24.3 Å². The zero-order valence-corrected chi connectivity index (χ0v) is 13.0. The van der Waals surface area contributed by atoms with Gasteiger partial charge in [0.15, 0.2) is 5.58 Å². The maximum atomic E-state index is 12.6. The molecule has 4 rings (SSSR count). The third-order valence-corrected chi connectivity index (χ3v) is 3.72. The first-order valence-corrected chi connectivity index (χ1v) is 7.31. The van der Waals surface area contributed by atoms with E-state index in [9.17, 15) is 9.59 Å². The Bertz CT molecular complexity index is 1120. The highest BCUT2D eigenvalue weighted by Gasteiger charge is 2.20. The summed E-state index contributed by atoms with van der Waals surface area (Å²) < 4.78 is 17.1. The van der Waals surface area contributed by atoms with E-state index in [2.05, 4.69) is 10.2 Å². The molecule has 0 saturated heterocycles. The van der Waals surface area contributed by atoms with Gasteiger partial charge >= 0.3 is 11.7 Å². The highest BCUT2D eigenvalue weighted by atomic mass is 16.5. The summed E-state index contributed by atoms with van der Waals surface area (Å²) in [5.74, 6) is -0.728. The van der Waals surface area contributed by atoms with Crippen LogP contribution in [0, 0.1) is 0 Å². The number of rotatable bonds is 3. The predicted molar refractivity (Wildman–Crippen MR) is 86.1 cm³/mol. The molecule has 8 nitrogen and oxygen atoms in total. The van der Waals surface area contributed by atoms with E-state index in [4.69, 9.17) is 13.6 Å². The highest BCUT2D eigenvalue weighted by molar-refractivity contribution is 6.02. The number of oxazole rings is 1. The summed E-state index contributed by atoms with van der Waals surface area (Å²) in [7, 11) is 1.56. The van der Waals surface area contributed by atoms with E-state index in [0.29, 0.717) is 11.1 Å². The maximum Gasteiger partial charge on any atom is 0.419 e. The van der Waals surface area contributed by atoms with Gasteiger partial charge in [-0.15, -0.1) is 10.2 Å². The standard InChI is InChI=1S/C17H11N3O5/c1-20-12-7-4-6-11(14(12)25-17(20)22)16(21)24-13-8-3-2-5-10(13)15-19-18-9-23-15/h2-9H,1H3. The molecule has 0 spiro atoms. The van der Waals surface area contributed by atoms with Crippen LogP contribution in [-0.2, 0) is 7.05 Å².